The number of carbonyl (C=O) groups is 1. The molecule has 5 nitrogen and oxygen atoms in total. The molecule has 1 aliphatic heterocycles. The van der Waals surface area contributed by atoms with Gasteiger partial charge in [0.05, 0.1) is 7.11 Å². The van der Waals surface area contributed by atoms with Crippen LogP contribution in [0.25, 0.3) is 0 Å². The van der Waals surface area contributed by atoms with Gasteiger partial charge in [0.2, 0.25) is 5.88 Å². The number of nitrogens with one attached hydrogen (secondary N) is 1. The average molecular weight is 304 g/mol. The Morgan fingerprint density at radius 1 is 1.57 bits per heavy atom. The lowest BCUT2D eigenvalue weighted by atomic mass is 9.75. The lowest BCUT2D eigenvalue weighted by molar-refractivity contribution is -0.236. The minimum atomic E-state index is -4.83. The quantitative estimate of drug-likeness (QED) is 0.882. The Balaban J connectivity index is 2.31. The maximum Gasteiger partial charge on any atom is 0.406 e. The summed E-state index contributed by atoms with van der Waals surface area (Å²) in [6, 6.07) is 4.74. The summed E-state index contributed by atoms with van der Waals surface area (Å²) in [6.45, 7) is -0.648. The second-order valence-electron chi connectivity index (χ2n) is 4.98. The monoisotopic (exact) mass is 304 g/mol. The van der Waals surface area contributed by atoms with E-state index in [-0.39, 0.29) is 18.8 Å². The second kappa shape index (κ2) is 5.51. The molecule has 0 spiro atoms. The zero-order valence-corrected chi connectivity index (χ0v) is 11.3. The van der Waals surface area contributed by atoms with Crippen LogP contribution in [0.3, 0.4) is 0 Å². The summed E-state index contributed by atoms with van der Waals surface area (Å²) in [7, 11) is 1.40. The van der Waals surface area contributed by atoms with Crippen LogP contribution in [-0.4, -0.2) is 42.4 Å². The van der Waals surface area contributed by atoms with Gasteiger partial charge in [0.25, 0.3) is 0 Å². The van der Waals surface area contributed by atoms with Crippen LogP contribution in [0.2, 0.25) is 0 Å². The number of hydrogen-bond donors (Lipinski definition) is 2. The van der Waals surface area contributed by atoms with Crippen molar-refractivity contribution < 1.29 is 27.8 Å². The maximum atomic E-state index is 13.3. The number of alkyl halides is 3. The normalized spacial score (nSPS) is 25.8. The SMILES string of the molecule is COc1cccc(C[C@@H]2CNC[C@@]2(C(=O)O)C(F)(F)F)n1. The van der Waals surface area contributed by atoms with Gasteiger partial charge in [0.1, 0.15) is 0 Å². The molecule has 1 aromatic rings. The standard InChI is InChI=1S/C13H15F3N2O3/c1-21-10-4-2-3-9(18-10)5-8-6-17-7-12(8,11(19)20)13(14,15)16/h2-4,8,17H,5-7H2,1H3,(H,19,20)/t8-,12-/m1/s1. The molecule has 1 saturated heterocycles. The first kappa shape index (κ1) is 15.6. The third-order valence-electron chi connectivity index (χ3n) is 3.82. The topological polar surface area (TPSA) is 71.5 Å². The van der Waals surface area contributed by atoms with Crippen molar-refractivity contribution in [3.05, 3.63) is 23.9 Å². The van der Waals surface area contributed by atoms with Crippen LogP contribution in [0.5, 0.6) is 5.88 Å². The summed E-state index contributed by atoms with van der Waals surface area (Å²) in [5, 5.41) is 11.7. The summed E-state index contributed by atoms with van der Waals surface area (Å²) < 4.78 is 44.8. The minimum absolute atomic E-state index is 0.0231. The zero-order valence-electron chi connectivity index (χ0n) is 11.3. The number of aromatic nitrogens is 1. The molecule has 2 rings (SSSR count). The molecule has 0 saturated carbocycles. The first-order valence-corrected chi connectivity index (χ1v) is 6.32. The molecule has 0 radical (unpaired) electrons. The Bertz CT molecular complexity index is 536. The van der Waals surface area contributed by atoms with E-state index in [2.05, 4.69) is 10.3 Å². The Hall–Kier alpha value is -1.83. The number of ether oxygens (including phenoxy) is 1. The van der Waals surface area contributed by atoms with Gasteiger partial charge in [-0.25, -0.2) is 4.98 Å². The zero-order chi connectivity index (χ0) is 15.7. The van der Waals surface area contributed by atoms with Crippen LogP contribution >= 0.6 is 0 Å². The Morgan fingerprint density at radius 2 is 2.29 bits per heavy atom. The van der Waals surface area contributed by atoms with E-state index in [1.165, 1.54) is 7.11 Å². The highest BCUT2D eigenvalue weighted by atomic mass is 19.4. The van der Waals surface area contributed by atoms with E-state index in [4.69, 9.17) is 9.84 Å². The molecule has 1 fully saturated rings. The molecular weight excluding hydrogens is 289 g/mol. The van der Waals surface area contributed by atoms with Crippen LogP contribution in [0.15, 0.2) is 18.2 Å². The summed E-state index contributed by atoms with van der Waals surface area (Å²) in [5.41, 5.74) is -2.41. The number of methoxy groups -OCH3 is 1. The summed E-state index contributed by atoms with van der Waals surface area (Å²) >= 11 is 0. The molecular formula is C13H15F3N2O3. The molecule has 2 atom stereocenters. The number of aliphatic carboxylic acids is 1. The molecule has 0 aliphatic carbocycles. The fourth-order valence-corrected chi connectivity index (χ4v) is 2.65. The largest absolute Gasteiger partial charge is 0.481 e. The molecule has 0 amide bonds. The fourth-order valence-electron chi connectivity index (χ4n) is 2.65. The van der Waals surface area contributed by atoms with E-state index in [1.807, 2.05) is 0 Å². The van der Waals surface area contributed by atoms with Crippen molar-refractivity contribution >= 4 is 5.97 Å². The summed E-state index contributed by atoms with van der Waals surface area (Å²) in [4.78, 5) is 15.3. The molecule has 0 aromatic carbocycles. The molecule has 21 heavy (non-hydrogen) atoms. The van der Waals surface area contributed by atoms with Crippen LogP contribution < -0.4 is 10.1 Å². The van der Waals surface area contributed by atoms with Crippen molar-refractivity contribution in [2.75, 3.05) is 20.2 Å². The van der Waals surface area contributed by atoms with Gasteiger partial charge in [-0.2, -0.15) is 13.2 Å². The first-order valence-electron chi connectivity index (χ1n) is 6.32. The van der Waals surface area contributed by atoms with Gasteiger partial charge in [-0.1, -0.05) is 6.07 Å². The highest BCUT2D eigenvalue weighted by molar-refractivity contribution is 5.77. The van der Waals surface area contributed by atoms with Gasteiger partial charge in [0, 0.05) is 24.2 Å². The van der Waals surface area contributed by atoms with Gasteiger partial charge >= 0.3 is 12.1 Å². The van der Waals surface area contributed by atoms with Crippen LogP contribution in [-0.2, 0) is 11.2 Å². The third kappa shape index (κ3) is 2.67. The number of pyridine rings is 1. The Morgan fingerprint density at radius 3 is 2.86 bits per heavy atom. The minimum Gasteiger partial charge on any atom is -0.481 e. The molecule has 116 valence electrons. The van der Waals surface area contributed by atoms with Gasteiger partial charge in [0.15, 0.2) is 5.41 Å². The van der Waals surface area contributed by atoms with Crippen molar-refractivity contribution in [3.63, 3.8) is 0 Å². The fraction of sp³-hybridized carbons (Fsp3) is 0.538. The van der Waals surface area contributed by atoms with Crippen molar-refractivity contribution in [1.29, 1.82) is 0 Å². The van der Waals surface area contributed by atoms with Crippen molar-refractivity contribution in [2.45, 2.75) is 12.6 Å². The lowest BCUT2D eigenvalue weighted by Gasteiger charge is -2.32. The molecule has 2 heterocycles. The number of rotatable bonds is 4. The lowest BCUT2D eigenvalue weighted by Crippen LogP contribution is -2.51. The first-order chi connectivity index (χ1) is 9.81. The predicted molar refractivity (Wildman–Crippen MR) is 67.0 cm³/mol. The van der Waals surface area contributed by atoms with E-state index >= 15 is 0 Å². The number of hydrogen-bond acceptors (Lipinski definition) is 4. The molecule has 2 N–H and O–H groups in total. The van der Waals surface area contributed by atoms with E-state index in [0.717, 1.165) is 0 Å². The molecule has 1 aliphatic rings. The highest BCUT2D eigenvalue weighted by Gasteiger charge is 2.66. The smallest absolute Gasteiger partial charge is 0.406 e. The predicted octanol–water partition coefficient (Wildman–Crippen LogP) is 1.49. The van der Waals surface area contributed by atoms with Crippen LogP contribution in [0.1, 0.15) is 5.69 Å². The molecule has 0 bridgehead atoms. The van der Waals surface area contributed by atoms with Crippen molar-refractivity contribution in [2.24, 2.45) is 11.3 Å². The molecule has 1 aromatic heterocycles. The van der Waals surface area contributed by atoms with Gasteiger partial charge in [-0.15, -0.1) is 0 Å². The number of nitrogens with zero attached hydrogens (tertiary/aromatic N) is 1. The van der Waals surface area contributed by atoms with E-state index < -0.39 is 30.0 Å². The summed E-state index contributed by atoms with van der Waals surface area (Å²) in [6.07, 6.45) is -4.91. The Kier molecular flexibility index (Phi) is 4.08. The van der Waals surface area contributed by atoms with E-state index in [0.29, 0.717) is 5.69 Å². The average Bonchev–Trinajstić information content (AvgIpc) is 2.83. The van der Waals surface area contributed by atoms with Gasteiger partial charge in [-0.05, 0) is 19.0 Å². The second-order valence-corrected chi connectivity index (χ2v) is 4.98. The Labute approximate surface area is 119 Å². The number of halogens is 3. The summed E-state index contributed by atoms with van der Waals surface area (Å²) in [5.74, 6) is -2.69. The third-order valence-corrected chi connectivity index (χ3v) is 3.82. The van der Waals surface area contributed by atoms with Gasteiger partial charge < -0.3 is 15.2 Å². The molecule has 0 unspecified atom stereocenters. The number of carboxylic acids is 1. The van der Waals surface area contributed by atoms with Crippen molar-refractivity contribution in [1.82, 2.24) is 10.3 Å². The maximum absolute atomic E-state index is 13.3. The van der Waals surface area contributed by atoms with Gasteiger partial charge in [-0.3, -0.25) is 4.79 Å². The number of carboxylic acid groups (broad SMARTS) is 1. The molecule has 8 heteroatoms. The highest BCUT2D eigenvalue weighted by Crippen LogP contribution is 2.47. The van der Waals surface area contributed by atoms with E-state index in [9.17, 15) is 18.0 Å². The van der Waals surface area contributed by atoms with Crippen molar-refractivity contribution in [3.8, 4) is 5.88 Å². The van der Waals surface area contributed by atoms with Crippen LogP contribution in [0.4, 0.5) is 13.2 Å². The van der Waals surface area contributed by atoms with E-state index in [1.54, 1.807) is 18.2 Å². The van der Waals surface area contributed by atoms with Crippen LogP contribution in [0, 0.1) is 11.3 Å².